The molecule has 178 valence electrons. The first-order valence-electron chi connectivity index (χ1n) is 13.9. The summed E-state index contributed by atoms with van der Waals surface area (Å²) < 4.78 is 0. The van der Waals surface area contributed by atoms with Crippen LogP contribution in [-0.4, -0.2) is 72.1 Å². The second-order valence-corrected chi connectivity index (χ2v) is 13.9. The quantitative estimate of drug-likeness (QED) is 0.529. The molecule has 0 aromatic carbocycles. The molecule has 0 unspecified atom stereocenters. The van der Waals surface area contributed by atoms with Gasteiger partial charge in [0.1, 0.15) is 0 Å². The van der Waals surface area contributed by atoms with Gasteiger partial charge in [0.05, 0.1) is 0 Å². The first-order chi connectivity index (χ1) is 14.7. The summed E-state index contributed by atoms with van der Waals surface area (Å²) in [6.07, 6.45) is 13.3. The number of hydrogen-bond acceptors (Lipinski definition) is 3. The number of piperidine rings is 1. The average molecular weight is 430 g/mol. The molecular formula is C28H51N3. The molecule has 2 heterocycles. The summed E-state index contributed by atoms with van der Waals surface area (Å²) in [4.78, 5) is 8.57. The van der Waals surface area contributed by atoms with Gasteiger partial charge < -0.3 is 4.90 Å². The van der Waals surface area contributed by atoms with Gasteiger partial charge in [0.15, 0.2) is 0 Å². The number of rotatable bonds is 7. The van der Waals surface area contributed by atoms with Crippen LogP contribution in [0, 0.1) is 28.6 Å². The fourth-order valence-corrected chi connectivity index (χ4v) is 8.37. The van der Waals surface area contributed by atoms with Crippen LogP contribution in [0.2, 0.25) is 0 Å². The van der Waals surface area contributed by atoms with E-state index in [0.717, 1.165) is 23.8 Å². The van der Waals surface area contributed by atoms with Crippen molar-refractivity contribution in [3.05, 3.63) is 0 Å². The molecule has 2 aliphatic heterocycles. The molecule has 5 aliphatic rings. The van der Waals surface area contributed by atoms with Gasteiger partial charge in [0, 0.05) is 44.3 Å². The molecule has 1 spiro atoms. The average Bonchev–Trinajstić information content (AvgIpc) is 3.39. The van der Waals surface area contributed by atoms with Crippen LogP contribution in [0.25, 0.3) is 0 Å². The van der Waals surface area contributed by atoms with Crippen molar-refractivity contribution in [2.45, 2.75) is 104 Å². The Morgan fingerprint density at radius 2 is 1.42 bits per heavy atom. The van der Waals surface area contributed by atoms with E-state index in [1.807, 2.05) is 0 Å². The molecule has 5 rings (SSSR count). The van der Waals surface area contributed by atoms with Crippen molar-refractivity contribution in [2.75, 3.05) is 45.8 Å². The zero-order chi connectivity index (χ0) is 21.9. The van der Waals surface area contributed by atoms with Crippen molar-refractivity contribution >= 4 is 0 Å². The third-order valence-electron chi connectivity index (χ3n) is 10.5. The lowest BCUT2D eigenvalue weighted by Gasteiger charge is -2.63. The van der Waals surface area contributed by atoms with E-state index in [2.05, 4.69) is 49.3 Å². The zero-order valence-corrected chi connectivity index (χ0v) is 21.5. The second-order valence-electron chi connectivity index (χ2n) is 13.9. The summed E-state index contributed by atoms with van der Waals surface area (Å²) in [5.74, 6) is 2.75. The molecule has 0 bridgehead atoms. The van der Waals surface area contributed by atoms with Crippen LogP contribution < -0.4 is 0 Å². The molecule has 0 amide bonds. The van der Waals surface area contributed by atoms with Crippen molar-refractivity contribution in [1.29, 1.82) is 0 Å². The van der Waals surface area contributed by atoms with E-state index < -0.39 is 0 Å². The minimum atomic E-state index is 0.504. The van der Waals surface area contributed by atoms with Gasteiger partial charge in [0.25, 0.3) is 0 Å². The van der Waals surface area contributed by atoms with Gasteiger partial charge in [-0.15, -0.1) is 0 Å². The number of hydrogen-bond donors (Lipinski definition) is 0. The summed E-state index contributed by atoms with van der Waals surface area (Å²) in [6, 6.07) is 0.907. The van der Waals surface area contributed by atoms with Crippen LogP contribution in [0.3, 0.4) is 0 Å². The highest BCUT2D eigenvalue weighted by molar-refractivity contribution is 5.10. The Morgan fingerprint density at radius 1 is 0.806 bits per heavy atom. The molecule has 3 heteroatoms. The van der Waals surface area contributed by atoms with Crippen molar-refractivity contribution < 1.29 is 0 Å². The van der Waals surface area contributed by atoms with Crippen LogP contribution in [-0.2, 0) is 0 Å². The van der Waals surface area contributed by atoms with Gasteiger partial charge in [-0.3, -0.25) is 9.80 Å². The summed E-state index contributed by atoms with van der Waals surface area (Å²) in [5.41, 5.74) is 1.90. The van der Waals surface area contributed by atoms with E-state index >= 15 is 0 Å². The maximum absolute atomic E-state index is 2.89. The highest BCUT2D eigenvalue weighted by Crippen LogP contribution is 2.58. The molecule has 0 aromatic heterocycles. The van der Waals surface area contributed by atoms with Crippen LogP contribution >= 0.6 is 0 Å². The highest BCUT2D eigenvalue weighted by Gasteiger charge is 2.56. The van der Waals surface area contributed by atoms with Gasteiger partial charge in [-0.05, 0) is 106 Å². The topological polar surface area (TPSA) is 9.72 Å². The molecular weight excluding hydrogens is 378 g/mol. The van der Waals surface area contributed by atoms with Crippen LogP contribution in [0.1, 0.15) is 92.4 Å². The lowest BCUT2D eigenvalue weighted by molar-refractivity contribution is -0.120. The Balaban J connectivity index is 1.04. The minimum Gasteiger partial charge on any atom is -0.303 e. The van der Waals surface area contributed by atoms with E-state index in [1.165, 1.54) is 104 Å². The fourth-order valence-electron chi connectivity index (χ4n) is 8.37. The monoisotopic (exact) mass is 429 g/mol. The van der Waals surface area contributed by atoms with Gasteiger partial charge in [0.2, 0.25) is 0 Å². The molecule has 5 fully saturated rings. The number of likely N-dealkylation sites (tertiary alicyclic amines) is 1. The largest absolute Gasteiger partial charge is 0.303 e. The molecule has 3 aliphatic carbocycles. The highest BCUT2D eigenvalue weighted by atomic mass is 15.3. The smallest absolute Gasteiger partial charge is 0.0193 e. The minimum absolute atomic E-state index is 0.504. The molecule has 3 saturated carbocycles. The third-order valence-corrected chi connectivity index (χ3v) is 10.5. The van der Waals surface area contributed by atoms with E-state index in [0.29, 0.717) is 16.4 Å². The lowest BCUT2D eigenvalue weighted by Crippen LogP contribution is -2.66. The third kappa shape index (κ3) is 4.62. The predicted octanol–water partition coefficient (Wildman–Crippen LogP) is 5.50. The van der Waals surface area contributed by atoms with Crippen molar-refractivity contribution in [3.8, 4) is 0 Å². The molecule has 31 heavy (non-hydrogen) atoms. The summed E-state index contributed by atoms with van der Waals surface area (Å²) in [7, 11) is 0. The number of nitrogens with zero attached hydrogens (tertiary/aromatic N) is 3. The molecule has 0 N–H and O–H groups in total. The molecule has 2 saturated heterocycles. The first kappa shape index (κ1) is 22.7. The SMILES string of the molecule is CC(C)CC1(CN2CCC3(CC2)CC(C)(N2CCN(C4CC(C(C)C)C4)CC2)C3)CC1. The Hall–Kier alpha value is -0.120. The van der Waals surface area contributed by atoms with Crippen molar-refractivity contribution in [1.82, 2.24) is 14.7 Å². The van der Waals surface area contributed by atoms with E-state index in [1.54, 1.807) is 0 Å². The summed E-state index contributed by atoms with van der Waals surface area (Å²) >= 11 is 0. The summed E-state index contributed by atoms with van der Waals surface area (Å²) in [5, 5.41) is 0. The molecule has 0 radical (unpaired) electrons. The maximum Gasteiger partial charge on any atom is 0.0193 e. The van der Waals surface area contributed by atoms with Crippen LogP contribution in [0.5, 0.6) is 0 Å². The van der Waals surface area contributed by atoms with Gasteiger partial charge in [-0.25, -0.2) is 0 Å². The molecule has 3 nitrogen and oxygen atoms in total. The molecule has 0 atom stereocenters. The Morgan fingerprint density at radius 3 is 1.94 bits per heavy atom. The van der Waals surface area contributed by atoms with Crippen molar-refractivity contribution in [2.24, 2.45) is 28.6 Å². The fraction of sp³-hybridized carbons (Fsp3) is 1.00. The van der Waals surface area contributed by atoms with Crippen molar-refractivity contribution in [3.63, 3.8) is 0 Å². The van der Waals surface area contributed by atoms with E-state index in [4.69, 9.17) is 0 Å². The number of piperazine rings is 1. The van der Waals surface area contributed by atoms with Crippen LogP contribution in [0.4, 0.5) is 0 Å². The zero-order valence-electron chi connectivity index (χ0n) is 21.5. The Labute approximate surface area is 193 Å². The molecule has 0 aromatic rings. The maximum atomic E-state index is 2.89. The summed E-state index contributed by atoms with van der Waals surface area (Å²) in [6.45, 7) is 21.7. The second kappa shape index (κ2) is 8.27. The predicted molar refractivity (Wildman–Crippen MR) is 131 cm³/mol. The van der Waals surface area contributed by atoms with E-state index in [9.17, 15) is 0 Å². The Bertz CT molecular complexity index is 606. The van der Waals surface area contributed by atoms with Gasteiger partial charge in [-0.2, -0.15) is 0 Å². The first-order valence-corrected chi connectivity index (χ1v) is 13.9. The Kier molecular flexibility index (Phi) is 6.05. The standard InChI is InChI=1S/C28H51N3/c1-22(2)18-27(6-7-27)21-29-10-8-28(9-11-29)19-26(5,20-28)31-14-12-30(13-15-31)25-16-24(17-25)23(3)4/h22-25H,6-21H2,1-5H3. The van der Waals surface area contributed by atoms with Gasteiger partial charge in [-0.1, -0.05) is 27.7 Å². The normalized spacial score (nSPS) is 35.3. The lowest BCUT2D eigenvalue weighted by atomic mass is 9.53. The van der Waals surface area contributed by atoms with E-state index in [-0.39, 0.29) is 0 Å². The van der Waals surface area contributed by atoms with Crippen LogP contribution in [0.15, 0.2) is 0 Å². The van der Waals surface area contributed by atoms with Gasteiger partial charge >= 0.3 is 0 Å².